The van der Waals surface area contributed by atoms with Gasteiger partial charge in [-0.3, -0.25) is 4.79 Å². The zero-order valence-corrected chi connectivity index (χ0v) is 11.6. The minimum absolute atomic E-state index is 0.0973. The van der Waals surface area contributed by atoms with E-state index in [-0.39, 0.29) is 11.9 Å². The average Bonchev–Trinajstić information content (AvgIpc) is 2.21. The topological polar surface area (TPSA) is 41.1 Å². The van der Waals surface area contributed by atoms with E-state index in [1.807, 2.05) is 6.92 Å². The molecule has 3 heteroatoms. The van der Waals surface area contributed by atoms with Crippen LogP contribution in [0.4, 0.5) is 0 Å². The smallest absolute Gasteiger partial charge is 0.236 e. The molecule has 0 aliphatic rings. The minimum atomic E-state index is -0.0973. The van der Waals surface area contributed by atoms with Crippen LogP contribution in [-0.2, 0) is 4.79 Å². The lowest BCUT2D eigenvalue weighted by molar-refractivity contribution is -0.122. The van der Waals surface area contributed by atoms with Gasteiger partial charge < -0.3 is 10.6 Å². The van der Waals surface area contributed by atoms with E-state index < -0.39 is 0 Å². The molecule has 0 heterocycles. The molecule has 0 bridgehead atoms. The van der Waals surface area contributed by atoms with E-state index in [4.69, 9.17) is 0 Å². The van der Waals surface area contributed by atoms with Gasteiger partial charge in [0.1, 0.15) is 0 Å². The molecule has 0 aromatic carbocycles. The molecule has 16 heavy (non-hydrogen) atoms. The zero-order chi connectivity index (χ0) is 12.7. The van der Waals surface area contributed by atoms with Gasteiger partial charge in [-0.1, -0.05) is 34.6 Å². The summed E-state index contributed by atoms with van der Waals surface area (Å²) in [5.74, 6) is 1.86. The van der Waals surface area contributed by atoms with E-state index >= 15 is 0 Å². The highest BCUT2D eigenvalue weighted by atomic mass is 16.2. The summed E-state index contributed by atoms with van der Waals surface area (Å²) < 4.78 is 0. The van der Waals surface area contributed by atoms with Gasteiger partial charge in [0.05, 0.1) is 6.04 Å². The largest absolute Gasteiger partial charge is 0.354 e. The summed E-state index contributed by atoms with van der Waals surface area (Å²) in [4.78, 5) is 11.7. The fourth-order valence-electron chi connectivity index (χ4n) is 1.15. The van der Waals surface area contributed by atoms with Gasteiger partial charge in [0.15, 0.2) is 0 Å². The van der Waals surface area contributed by atoms with Crippen LogP contribution < -0.4 is 10.6 Å². The van der Waals surface area contributed by atoms with Gasteiger partial charge in [-0.15, -0.1) is 0 Å². The van der Waals surface area contributed by atoms with Crippen LogP contribution >= 0.6 is 0 Å². The van der Waals surface area contributed by atoms with Crippen molar-refractivity contribution in [1.29, 1.82) is 0 Å². The zero-order valence-electron chi connectivity index (χ0n) is 11.6. The molecule has 0 saturated carbocycles. The normalized spacial score (nSPS) is 15.2. The molecular weight excluding hydrogens is 200 g/mol. The third-order valence-corrected chi connectivity index (χ3v) is 2.96. The summed E-state index contributed by atoms with van der Waals surface area (Å²) in [6, 6.07) is -0.0973. The maximum Gasteiger partial charge on any atom is 0.236 e. The first kappa shape index (κ1) is 15.4. The van der Waals surface area contributed by atoms with E-state index in [0.717, 1.165) is 13.1 Å². The number of nitrogens with one attached hydrogen (secondary N) is 2. The first-order valence-corrected chi connectivity index (χ1v) is 6.35. The highest BCUT2D eigenvalue weighted by molar-refractivity contribution is 5.81. The number of hydrogen-bond donors (Lipinski definition) is 2. The third-order valence-electron chi connectivity index (χ3n) is 2.96. The molecular formula is C13H28N2O. The fraction of sp³-hybridized carbons (Fsp3) is 0.923. The highest BCUT2D eigenvalue weighted by Gasteiger charge is 2.14. The van der Waals surface area contributed by atoms with Crippen molar-refractivity contribution in [2.45, 2.75) is 47.6 Å². The van der Waals surface area contributed by atoms with Crippen LogP contribution in [0.5, 0.6) is 0 Å². The SMILES string of the molecule is CC(C)CNC(=O)C(C)NCC(C)C(C)C. The van der Waals surface area contributed by atoms with Gasteiger partial charge in [0.2, 0.25) is 5.91 Å². The highest BCUT2D eigenvalue weighted by Crippen LogP contribution is 2.07. The van der Waals surface area contributed by atoms with Crippen molar-refractivity contribution in [2.75, 3.05) is 13.1 Å². The molecule has 3 nitrogen and oxygen atoms in total. The lowest BCUT2D eigenvalue weighted by Gasteiger charge is -2.20. The average molecular weight is 228 g/mol. The fourth-order valence-corrected chi connectivity index (χ4v) is 1.15. The molecule has 2 N–H and O–H groups in total. The molecule has 96 valence electrons. The standard InChI is InChI=1S/C13H28N2O/c1-9(2)7-15-13(16)12(6)14-8-11(5)10(3)4/h9-12,14H,7-8H2,1-6H3,(H,15,16). The number of rotatable bonds is 7. The van der Waals surface area contributed by atoms with Gasteiger partial charge in [-0.25, -0.2) is 0 Å². The molecule has 2 atom stereocenters. The van der Waals surface area contributed by atoms with Crippen molar-refractivity contribution in [2.24, 2.45) is 17.8 Å². The maximum absolute atomic E-state index is 11.7. The molecule has 0 saturated heterocycles. The molecule has 0 radical (unpaired) electrons. The van der Waals surface area contributed by atoms with E-state index in [0.29, 0.717) is 17.8 Å². The third kappa shape index (κ3) is 6.83. The Bertz CT molecular complexity index is 202. The quantitative estimate of drug-likeness (QED) is 0.700. The first-order valence-electron chi connectivity index (χ1n) is 6.35. The van der Waals surface area contributed by atoms with Gasteiger partial charge in [0.25, 0.3) is 0 Å². The van der Waals surface area contributed by atoms with Crippen molar-refractivity contribution in [1.82, 2.24) is 10.6 Å². The number of amides is 1. The molecule has 0 rings (SSSR count). The van der Waals surface area contributed by atoms with Crippen molar-refractivity contribution in [3.63, 3.8) is 0 Å². The summed E-state index contributed by atoms with van der Waals surface area (Å²) in [6.07, 6.45) is 0. The predicted molar refractivity (Wildman–Crippen MR) is 69.3 cm³/mol. The molecule has 2 unspecified atom stereocenters. The van der Waals surface area contributed by atoms with Crippen molar-refractivity contribution in [3.05, 3.63) is 0 Å². The molecule has 1 amide bonds. The van der Waals surface area contributed by atoms with Crippen molar-refractivity contribution < 1.29 is 4.79 Å². The van der Waals surface area contributed by atoms with Crippen molar-refractivity contribution in [3.8, 4) is 0 Å². The Hall–Kier alpha value is -0.570. The maximum atomic E-state index is 11.7. The Morgan fingerprint density at radius 1 is 1.00 bits per heavy atom. The first-order chi connectivity index (χ1) is 7.34. The van der Waals surface area contributed by atoms with Crippen molar-refractivity contribution >= 4 is 5.91 Å². The molecule has 0 aromatic rings. The van der Waals surface area contributed by atoms with Crippen LogP contribution in [0.1, 0.15) is 41.5 Å². The second kappa shape index (κ2) is 7.66. The van der Waals surface area contributed by atoms with Gasteiger partial charge in [-0.2, -0.15) is 0 Å². The van der Waals surface area contributed by atoms with Gasteiger partial charge >= 0.3 is 0 Å². The number of hydrogen-bond acceptors (Lipinski definition) is 2. The summed E-state index contributed by atoms with van der Waals surface area (Å²) in [5.41, 5.74) is 0. The van der Waals surface area contributed by atoms with Crippen LogP contribution in [0.2, 0.25) is 0 Å². The predicted octanol–water partition coefficient (Wildman–Crippen LogP) is 2.03. The summed E-state index contributed by atoms with van der Waals surface area (Å²) >= 11 is 0. The van der Waals surface area contributed by atoms with Crippen LogP contribution in [0.25, 0.3) is 0 Å². The monoisotopic (exact) mass is 228 g/mol. The van der Waals surface area contributed by atoms with Crippen LogP contribution in [0.3, 0.4) is 0 Å². The Labute approximate surface area is 100 Å². The Morgan fingerprint density at radius 2 is 1.56 bits per heavy atom. The van der Waals surface area contributed by atoms with Gasteiger partial charge in [-0.05, 0) is 31.2 Å². The lowest BCUT2D eigenvalue weighted by Crippen LogP contribution is -2.44. The molecule has 0 aromatic heterocycles. The van der Waals surface area contributed by atoms with E-state index in [1.54, 1.807) is 0 Å². The van der Waals surface area contributed by atoms with E-state index in [2.05, 4.69) is 45.3 Å². The van der Waals surface area contributed by atoms with Crippen LogP contribution in [-0.4, -0.2) is 25.0 Å². The van der Waals surface area contributed by atoms with E-state index in [1.165, 1.54) is 0 Å². The number of carbonyl (C=O) groups is 1. The molecule has 0 spiro atoms. The second-order valence-electron chi connectivity index (χ2n) is 5.49. The molecule has 0 fully saturated rings. The Kier molecular flexibility index (Phi) is 7.39. The minimum Gasteiger partial charge on any atom is -0.354 e. The van der Waals surface area contributed by atoms with Gasteiger partial charge in [0, 0.05) is 6.54 Å². The Balaban J connectivity index is 3.79. The van der Waals surface area contributed by atoms with E-state index in [9.17, 15) is 4.79 Å². The number of carbonyl (C=O) groups excluding carboxylic acids is 1. The van der Waals surface area contributed by atoms with Crippen LogP contribution in [0.15, 0.2) is 0 Å². The molecule has 0 aliphatic carbocycles. The summed E-state index contributed by atoms with van der Waals surface area (Å²) in [6.45, 7) is 14.4. The van der Waals surface area contributed by atoms with Crippen LogP contribution in [0, 0.1) is 17.8 Å². The Morgan fingerprint density at radius 3 is 2.00 bits per heavy atom. The summed E-state index contributed by atoms with van der Waals surface area (Å²) in [7, 11) is 0. The summed E-state index contributed by atoms with van der Waals surface area (Å²) in [5, 5.41) is 6.21. The molecule has 0 aliphatic heterocycles. The second-order valence-corrected chi connectivity index (χ2v) is 5.49. The lowest BCUT2D eigenvalue weighted by atomic mass is 9.98.